The maximum absolute atomic E-state index is 12.2. The Balaban J connectivity index is 1.64. The van der Waals surface area contributed by atoms with Crippen molar-refractivity contribution in [1.29, 1.82) is 0 Å². The number of hydrogen-bond acceptors (Lipinski definition) is 3. The normalized spacial score (nSPS) is 16.8. The first-order valence-corrected chi connectivity index (χ1v) is 10.4. The molecule has 1 aliphatic carbocycles. The fourth-order valence-corrected chi connectivity index (χ4v) is 4.11. The molecule has 0 radical (unpaired) electrons. The molecule has 0 bridgehead atoms. The maximum Gasteiger partial charge on any atom is 0.326 e. The van der Waals surface area contributed by atoms with Crippen molar-refractivity contribution in [1.82, 2.24) is 5.32 Å². The number of alkyl halides is 2. The molecule has 11 heteroatoms. The summed E-state index contributed by atoms with van der Waals surface area (Å²) in [5.41, 5.74) is 0.235. The van der Waals surface area contributed by atoms with Crippen molar-refractivity contribution in [2.24, 2.45) is 5.92 Å². The molecule has 3 amide bonds. The first-order chi connectivity index (χ1) is 13.6. The number of ether oxygens (including phenoxy) is 1. The number of urea groups is 1. The smallest absolute Gasteiger partial charge is 0.326 e. The quantitative estimate of drug-likeness (QED) is 0.428. The highest BCUT2D eigenvalue weighted by Gasteiger charge is 2.52. The van der Waals surface area contributed by atoms with Crippen molar-refractivity contribution in [2.75, 3.05) is 11.9 Å². The lowest BCUT2D eigenvalue weighted by atomic mass is 10.2. The first kappa shape index (κ1) is 22.6. The van der Waals surface area contributed by atoms with E-state index >= 15 is 0 Å². The van der Waals surface area contributed by atoms with Crippen molar-refractivity contribution in [3.05, 3.63) is 56.0 Å². The Morgan fingerprint density at radius 1 is 1.03 bits per heavy atom. The van der Waals surface area contributed by atoms with Gasteiger partial charge in [-0.1, -0.05) is 52.5 Å². The van der Waals surface area contributed by atoms with E-state index in [1.807, 2.05) is 0 Å². The third-order valence-corrected chi connectivity index (χ3v) is 6.17. The molecule has 2 aromatic carbocycles. The Bertz CT molecular complexity index is 939. The zero-order valence-electron chi connectivity index (χ0n) is 14.4. The van der Waals surface area contributed by atoms with Gasteiger partial charge >= 0.3 is 6.03 Å². The molecule has 2 aromatic rings. The second-order valence-electron chi connectivity index (χ2n) is 6.25. The van der Waals surface area contributed by atoms with Crippen molar-refractivity contribution in [3.8, 4) is 5.75 Å². The molecule has 1 fully saturated rings. The molecule has 0 aliphatic heterocycles. The van der Waals surface area contributed by atoms with Crippen LogP contribution >= 0.6 is 69.6 Å². The second-order valence-corrected chi connectivity index (χ2v) is 9.42. The van der Waals surface area contributed by atoms with Gasteiger partial charge in [0.15, 0.2) is 5.75 Å². The highest BCUT2D eigenvalue weighted by atomic mass is 35.5. The summed E-state index contributed by atoms with van der Waals surface area (Å²) in [5, 5.41) is 5.16. The van der Waals surface area contributed by atoms with Crippen LogP contribution in [0.25, 0.3) is 0 Å². The molecule has 3 rings (SSSR count). The predicted molar refractivity (Wildman–Crippen MR) is 117 cm³/mol. The summed E-state index contributed by atoms with van der Waals surface area (Å²) in [6, 6.07) is 6.59. The van der Waals surface area contributed by atoms with Crippen LogP contribution < -0.4 is 15.4 Å². The number of carbonyl (C=O) groups is 2. The number of hydrogen-bond donors (Lipinski definition) is 2. The van der Waals surface area contributed by atoms with Crippen molar-refractivity contribution >= 4 is 87.2 Å². The van der Waals surface area contributed by atoms with Gasteiger partial charge < -0.3 is 10.1 Å². The lowest BCUT2D eigenvalue weighted by molar-refractivity contribution is 0.0967. The van der Waals surface area contributed by atoms with E-state index < -0.39 is 16.3 Å². The van der Waals surface area contributed by atoms with Gasteiger partial charge in [-0.25, -0.2) is 4.79 Å². The van der Waals surface area contributed by atoms with Gasteiger partial charge in [-0.3, -0.25) is 10.1 Å². The van der Waals surface area contributed by atoms with Gasteiger partial charge in [0, 0.05) is 11.6 Å². The average Bonchev–Trinajstić information content (AvgIpc) is 3.20. The molecular formula is C18H12Cl6N2O3. The monoisotopic (exact) mass is 514 g/mol. The van der Waals surface area contributed by atoms with E-state index in [2.05, 4.69) is 10.6 Å². The number of amides is 3. The zero-order valence-corrected chi connectivity index (χ0v) is 18.9. The molecule has 0 aromatic heterocycles. The van der Waals surface area contributed by atoms with E-state index in [1.165, 1.54) is 24.3 Å². The molecule has 29 heavy (non-hydrogen) atoms. The molecule has 0 spiro atoms. The van der Waals surface area contributed by atoms with Crippen molar-refractivity contribution in [2.45, 2.75) is 10.8 Å². The van der Waals surface area contributed by atoms with E-state index in [0.717, 1.165) is 0 Å². The van der Waals surface area contributed by atoms with Crippen LogP contribution in [0, 0.1) is 5.92 Å². The van der Waals surface area contributed by atoms with Crippen LogP contribution in [0.2, 0.25) is 20.1 Å². The van der Waals surface area contributed by atoms with E-state index in [-0.39, 0.29) is 49.6 Å². The minimum absolute atomic E-state index is 0.0100. The Kier molecular flexibility index (Phi) is 6.99. The van der Waals surface area contributed by atoms with Gasteiger partial charge in [-0.15, -0.1) is 23.2 Å². The minimum Gasteiger partial charge on any atom is -0.490 e. The maximum atomic E-state index is 12.2. The third kappa shape index (κ3) is 5.54. The summed E-state index contributed by atoms with van der Waals surface area (Å²) in [4.78, 5) is 24.4. The molecule has 0 heterocycles. The van der Waals surface area contributed by atoms with E-state index in [0.29, 0.717) is 6.42 Å². The molecule has 1 unspecified atom stereocenters. The molecule has 5 nitrogen and oxygen atoms in total. The molecular weight excluding hydrogens is 505 g/mol. The lowest BCUT2D eigenvalue weighted by Gasteiger charge is -2.13. The number of carbonyl (C=O) groups excluding carboxylic acids is 2. The predicted octanol–water partition coefficient (Wildman–Crippen LogP) is 6.83. The van der Waals surface area contributed by atoms with Crippen molar-refractivity contribution in [3.63, 3.8) is 0 Å². The SMILES string of the molecule is O=C(NC(=O)c1c(Cl)cccc1Cl)Nc1cc(Cl)c(OCC2CC2(Cl)Cl)c(Cl)c1. The van der Waals surface area contributed by atoms with Crippen LogP contribution in [0.5, 0.6) is 5.75 Å². The Morgan fingerprint density at radius 2 is 1.59 bits per heavy atom. The van der Waals surface area contributed by atoms with Crippen LogP contribution in [0.4, 0.5) is 10.5 Å². The van der Waals surface area contributed by atoms with Crippen LogP contribution in [0.1, 0.15) is 16.8 Å². The molecule has 1 atom stereocenters. The van der Waals surface area contributed by atoms with E-state index in [9.17, 15) is 9.59 Å². The average molecular weight is 517 g/mol. The van der Waals surface area contributed by atoms with E-state index in [1.54, 1.807) is 6.07 Å². The molecule has 1 saturated carbocycles. The van der Waals surface area contributed by atoms with Gasteiger partial charge in [-0.2, -0.15) is 0 Å². The number of imide groups is 1. The largest absolute Gasteiger partial charge is 0.490 e. The van der Waals surface area contributed by atoms with Gasteiger partial charge in [0.25, 0.3) is 5.91 Å². The minimum atomic E-state index is -0.821. The second kappa shape index (κ2) is 8.96. The number of benzene rings is 2. The van der Waals surface area contributed by atoms with Crippen LogP contribution in [0.15, 0.2) is 30.3 Å². The van der Waals surface area contributed by atoms with Crippen molar-refractivity contribution < 1.29 is 14.3 Å². The Hall–Kier alpha value is -1.08. The summed E-state index contributed by atoms with van der Waals surface area (Å²) in [5.74, 6) is -0.524. The standard InChI is InChI=1S/C18H12Cl6N2O3/c19-10-2-1-3-11(20)14(10)16(27)26-17(28)25-9-4-12(21)15(13(22)5-9)29-7-8-6-18(8,23)24/h1-5,8H,6-7H2,(H2,25,26,27,28). The summed E-state index contributed by atoms with van der Waals surface area (Å²) < 4.78 is 4.81. The highest BCUT2D eigenvalue weighted by Crippen LogP contribution is 2.53. The summed E-state index contributed by atoms with van der Waals surface area (Å²) in [7, 11) is 0. The molecule has 2 N–H and O–H groups in total. The van der Waals surface area contributed by atoms with E-state index in [4.69, 9.17) is 74.3 Å². The number of rotatable bonds is 5. The highest BCUT2D eigenvalue weighted by molar-refractivity contribution is 6.50. The van der Waals surface area contributed by atoms with Crippen LogP contribution in [-0.4, -0.2) is 22.9 Å². The Labute approximate surface area is 196 Å². The molecule has 0 saturated heterocycles. The molecule has 154 valence electrons. The summed E-state index contributed by atoms with van der Waals surface area (Å²) in [6.45, 7) is 0.257. The van der Waals surface area contributed by atoms with Crippen LogP contribution in [0.3, 0.4) is 0 Å². The van der Waals surface area contributed by atoms with Gasteiger partial charge in [0.2, 0.25) is 0 Å². The number of anilines is 1. The summed E-state index contributed by atoms with van der Waals surface area (Å²) >= 11 is 36.2. The van der Waals surface area contributed by atoms with Gasteiger partial charge in [0.1, 0.15) is 4.33 Å². The first-order valence-electron chi connectivity index (χ1n) is 8.14. The topological polar surface area (TPSA) is 67.4 Å². The fraction of sp³-hybridized carbons (Fsp3) is 0.222. The fourth-order valence-electron chi connectivity index (χ4n) is 2.45. The number of halogens is 6. The lowest BCUT2D eigenvalue weighted by Crippen LogP contribution is -2.34. The van der Waals surface area contributed by atoms with Gasteiger partial charge in [0.05, 0.1) is 32.3 Å². The Morgan fingerprint density at radius 3 is 2.10 bits per heavy atom. The zero-order chi connectivity index (χ0) is 21.3. The van der Waals surface area contributed by atoms with Gasteiger partial charge in [-0.05, 0) is 30.7 Å². The number of nitrogens with one attached hydrogen (secondary N) is 2. The third-order valence-electron chi connectivity index (χ3n) is 4.06. The van der Waals surface area contributed by atoms with Crippen LogP contribution in [-0.2, 0) is 0 Å². The molecule has 1 aliphatic rings. The summed E-state index contributed by atoms with van der Waals surface area (Å²) in [6.07, 6.45) is 0.620.